The second kappa shape index (κ2) is 6.96. The first-order valence-corrected chi connectivity index (χ1v) is 8.99. The van der Waals surface area contributed by atoms with Gasteiger partial charge in [0.15, 0.2) is 11.5 Å². The van der Waals surface area contributed by atoms with Crippen molar-refractivity contribution < 1.29 is 9.47 Å². The number of methoxy groups -OCH3 is 2. The minimum atomic E-state index is 0.468. The minimum Gasteiger partial charge on any atom is -0.493 e. The van der Waals surface area contributed by atoms with Crippen molar-refractivity contribution in [2.24, 2.45) is 0 Å². The van der Waals surface area contributed by atoms with E-state index in [9.17, 15) is 0 Å². The van der Waals surface area contributed by atoms with Crippen LogP contribution in [0.25, 0.3) is 22.6 Å². The molecule has 0 amide bonds. The molecule has 2 unspecified atom stereocenters. The molecule has 2 atom stereocenters. The van der Waals surface area contributed by atoms with E-state index < -0.39 is 0 Å². The van der Waals surface area contributed by atoms with Crippen molar-refractivity contribution in [2.75, 3.05) is 20.8 Å². The highest BCUT2D eigenvalue weighted by Crippen LogP contribution is 2.35. The molecule has 26 heavy (non-hydrogen) atoms. The Morgan fingerprint density at radius 1 is 1.08 bits per heavy atom. The predicted molar refractivity (Wildman–Crippen MR) is 101 cm³/mol. The fourth-order valence-corrected chi connectivity index (χ4v) is 3.66. The Morgan fingerprint density at radius 3 is 2.69 bits per heavy atom. The standard InChI is InChI=1S/C20H24N4O2/c1-12-8-14(6-7-21-12)20-22-11-17-16(24-20)10-15(23-17)13-4-5-18(25-2)19(9-13)26-3/h4-5,9-12,14,21H,6-8H2,1-3H3,(H,22,24). The van der Waals surface area contributed by atoms with Crippen LogP contribution in [0.3, 0.4) is 0 Å². The van der Waals surface area contributed by atoms with Crippen molar-refractivity contribution in [2.45, 2.75) is 31.7 Å². The lowest BCUT2D eigenvalue weighted by atomic mass is 9.92. The summed E-state index contributed by atoms with van der Waals surface area (Å²) in [5.74, 6) is 2.93. The molecule has 2 N–H and O–H groups in total. The van der Waals surface area contributed by atoms with Gasteiger partial charge in [-0.15, -0.1) is 0 Å². The summed E-state index contributed by atoms with van der Waals surface area (Å²) in [5.41, 5.74) is 3.78. The highest BCUT2D eigenvalue weighted by Gasteiger charge is 2.23. The van der Waals surface area contributed by atoms with Gasteiger partial charge in [-0.2, -0.15) is 0 Å². The number of fused-ring (bicyclic) bond motifs is 1. The smallest absolute Gasteiger partial charge is 0.161 e. The van der Waals surface area contributed by atoms with Crippen LogP contribution < -0.4 is 14.8 Å². The van der Waals surface area contributed by atoms with Gasteiger partial charge in [-0.25, -0.2) is 9.97 Å². The topological polar surface area (TPSA) is 72.1 Å². The maximum atomic E-state index is 5.40. The molecule has 0 aliphatic carbocycles. The Balaban J connectivity index is 1.67. The monoisotopic (exact) mass is 352 g/mol. The Morgan fingerprint density at radius 2 is 1.92 bits per heavy atom. The highest BCUT2D eigenvalue weighted by atomic mass is 16.5. The molecular weight excluding hydrogens is 328 g/mol. The van der Waals surface area contributed by atoms with Gasteiger partial charge in [0.1, 0.15) is 11.5 Å². The van der Waals surface area contributed by atoms with E-state index in [1.165, 1.54) is 0 Å². The molecule has 1 saturated heterocycles. The van der Waals surface area contributed by atoms with Crippen molar-refractivity contribution in [3.63, 3.8) is 0 Å². The summed E-state index contributed by atoms with van der Waals surface area (Å²) in [5, 5.41) is 3.49. The Bertz CT molecular complexity index is 876. The Kier molecular flexibility index (Phi) is 4.51. The van der Waals surface area contributed by atoms with Crippen LogP contribution in [0.1, 0.15) is 31.5 Å². The summed E-state index contributed by atoms with van der Waals surface area (Å²) in [6, 6.07) is 8.44. The molecule has 136 valence electrons. The molecule has 3 aliphatic heterocycles. The zero-order chi connectivity index (χ0) is 18.1. The number of nitrogens with one attached hydrogen (secondary N) is 2. The second-order valence-electron chi connectivity index (χ2n) is 6.85. The molecule has 6 nitrogen and oxygen atoms in total. The number of nitrogens with zero attached hydrogens (tertiary/aromatic N) is 2. The summed E-state index contributed by atoms with van der Waals surface area (Å²) in [6.45, 7) is 3.26. The number of H-pyrrole nitrogens is 1. The minimum absolute atomic E-state index is 0.468. The van der Waals surface area contributed by atoms with Gasteiger partial charge in [0, 0.05) is 17.5 Å². The summed E-state index contributed by atoms with van der Waals surface area (Å²) >= 11 is 0. The molecule has 1 aromatic rings. The molecule has 0 saturated carbocycles. The molecule has 0 radical (unpaired) electrons. The summed E-state index contributed by atoms with van der Waals surface area (Å²) in [4.78, 5) is 12.9. The van der Waals surface area contributed by atoms with Crippen LogP contribution in [0.4, 0.5) is 0 Å². The maximum Gasteiger partial charge on any atom is 0.161 e. The fraction of sp³-hybridized carbons (Fsp3) is 0.400. The van der Waals surface area contributed by atoms with E-state index in [-0.39, 0.29) is 0 Å². The summed E-state index contributed by atoms with van der Waals surface area (Å²) in [7, 11) is 3.27. The number of piperidine rings is 1. The molecule has 0 aromatic heterocycles. The van der Waals surface area contributed by atoms with Crippen LogP contribution >= 0.6 is 0 Å². The van der Waals surface area contributed by atoms with E-state index in [0.29, 0.717) is 23.5 Å². The van der Waals surface area contributed by atoms with Crippen LogP contribution in [0.2, 0.25) is 0 Å². The van der Waals surface area contributed by atoms with Crippen LogP contribution in [0.15, 0.2) is 30.5 Å². The number of aromatic amines is 1. The zero-order valence-corrected chi connectivity index (χ0v) is 15.4. The Labute approximate surface area is 153 Å². The van der Waals surface area contributed by atoms with E-state index in [1.807, 2.05) is 24.4 Å². The van der Waals surface area contributed by atoms with Gasteiger partial charge < -0.3 is 19.8 Å². The molecule has 0 bridgehead atoms. The SMILES string of the molecule is COc1ccc(-c2cc3[nH]c(C4CCNC(C)C4)ncc-3n2)cc1OC. The van der Waals surface area contributed by atoms with Gasteiger partial charge in [-0.3, -0.25) is 0 Å². The van der Waals surface area contributed by atoms with Gasteiger partial charge in [0.25, 0.3) is 0 Å². The van der Waals surface area contributed by atoms with Crippen LogP contribution in [0, 0.1) is 0 Å². The summed E-state index contributed by atoms with van der Waals surface area (Å²) in [6.07, 6.45) is 4.08. The van der Waals surface area contributed by atoms with Gasteiger partial charge in [-0.05, 0) is 50.6 Å². The van der Waals surface area contributed by atoms with E-state index >= 15 is 0 Å². The van der Waals surface area contributed by atoms with Gasteiger partial charge in [0.05, 0.1) is 31.8 Å². The number of hydrogen-bond donors (Lipinski definition) is 2. The van der Waals surface area contributed by atoms with Gasteiger partial charge in [-0.1, -0.05) is 0 Å². The quantitative estimate of drug-likeness (QED) is 0.752. The third kappa shape index (κ3) is 3.12. The lowest BCUT2D eigenvalue weighted by Gasteiger charge is -2.27. The average Bonchev–Trinajstić information content (AvgIpc) is 3.10. The average molecular weight is 352 g/mol. The Hall–Kier alpha value is -2.60. The third-order valence-electron chi connectivity index (χ3n) is 5.08. The highest BCUT2D eigenvalue weighted by molar-refractivity contribution is 5.72. The molecule has 0 spiro atoms. The summed E-state index contributed by atoms with van der Waals surface area (Å²) < 4.78 is 10.7. The number of ether oxygens (including phenoxy) is 2. The first-order valence-electron chi connectivity index (χ1n) is 8.99. The molecule has 1 aromatic carbocycles. The predicted octanol–water partition coefficient (Wildman–Crippen LogP) is 3.45. The number of aromatic nitrogens is 3. The van der Waals surface area contributed by atoms with Crippen molar-refractivity contribution in [1.82, 2.24) is 20.3 Å². The van der Waals surface area contributed by atoms with Crippen molar-refractivity contribution >= 4 is 0 Å². The van der Waals surface area contributed by atoms with E-state index in [0.717, 1.165) is 47.9 Å². The van der Waals surface area contributed by atoms with E-state index in [1.54, 1.807) is 14.2 Å². The lowest BCUT2D eigenvalue weighted by molar-refractivity contribution is 0.355. The first kappa shape index (κ1) is 16.8. The van der Waals surface area contributed by atoms with Gasteiger partial charge >= 0.3 is 0 Å². The van der Waals surface area contributed by atoms with Crippen LogP contribution in [-0.4, -0.2) is 41.8 Å². The molecular formula is C20H24N4O2. The number of rotatable bonds is 4. The molecule has 4 rings (SSSR count). The number of hydrogen-bond acceptors (Lipinski definition) is 5. The van der Waals surface area contributed by atoms with Crippen molar-refractivity contribution in [1.29, 1.82) is 0 Å². The molecule has 3 heterocycles. The van der Waals surface area contributed by atoms with Crippen LogP contribution in [0.5, 0.6) is 11.5 Å². The van der Waals surface area contributed by atoms with Gasteiger partial charge in [0.2, 0.25) is 0 Å². The van der Waals surface area contributed by atoms with E-state index in [4.69, 9.17) is 14.5 Å². The van der Waals surface area contributed by atoms with E-state index in [2.05, 4.69) is 28.3 Å². The second-order valence-corrected chi connectivity index (χ2v) is 6.85. The van der Waals surface area contributed by atoms with Crippen molar-refractivity contribution in [3.05, 3.63) is 36.3 Å². The molecule has 3 aliphatic rings. The van der Waals surface area contributed by atoms with Crippen molar-refractivity contribution in [3.8, 4) is 34.1 Å². The lowest BCUT2D eigenvalue weighted by Crippen LogP contribution is -2.35. The fourth-order valence-electron chi connectivity index (χ4n) is 3.66. The maximum absolute atomic E-state index is 5.40. The molecule has 6 heteroatoms. The third-order valence-corrected chi connectivity index (χ3v) is 5.08. The number of benzene rings is 1. The normalized spacial score (nSPS) is 20.3. The zero-order valence-electron chi connectivity index (χ0n) is 15.4. The first-order chi connectivity index (χ1) is 12.7. The molecule has 1 fully saturated rings. The van der Waals surface area contributed by atoms with Crippen LogP contribution in [-0.2, 0) is 0 Å². The largest absolute Gasteiger partial charge is 0.493 e.